The monoisotopic (exact) mass is 329 g/mol. The highest BCUT2D eigenvalue weighted by Crippen LogP contribution is 2.42. The summed E-state index contributed by atoms with van der Waals surface area (Å²) in [7, 11) is 0. The summed E-state index contributed by atoms with van der Waals surface area (Å²) < 4.78 is 5.93. The predicted molar refractivity (Wildman–Crippen MR) is 91.3 cm³/mol. The van der Waals surface area contributed by atoms with Crippen LogP contribution in [-0.2, 0) is 15.1 Å². The Morgan fingerprint density at radius 2 is 1.75 bits per heavy atom. The minimum absolute atomic E-state index is 0.0338. The van der Waals surface area contributed by atoms with Gasteiger partial charge in [0.1, 0.15) is 6.10 Å². The Morgan fingerprint density at radius 3 is 2.33 bits per heavy atom. The summed E-state index contributed by atoms with van der Waals surface area (Å²) in [5.74, 6) is -0.00427. The molecular formula is C20H27NO3. The van der Waals surface area contributed by atoms with Crippen LogP contribution >= 0.6 is 0 Å². The van der Waals surface area contributed by atoms with E-state index in [0.29, 0.717) is 11.5 Å². The normalized spacial score (nSPS) is 32.5. The van der Waals surface area contributed by atoms with Gasteiger partial charge in [-0.3, -0.25) is 4.90 Å². The molecule has 1 aromatic carbocycles. The van der Waals surface area contributed by atoms with Crippen molar-refractivity contribution in [3.05, 3.63) is 35.9 Å². The summed E-state index contributed by atoms with van der Waals surface area (Å²) in [6.07, 6.45) is 6.08. The number of nitrogens with zero attached hydrogens (tertiary/aromatic N) is 1. The molecule has 5 rings (SSSR count). The smallest absolute Gasteiger partial charge is 0.343 e. The number of aliphatic hydroxyl groups is 1. The van der Waals surface area contributed by atoms with Crippen molar-refractivity contribution in [1.82, 2.24) is 4.90 Å². The topological polar surface area (TPSA) is 49.8 Å². The first-order valence-electron chi connectivity index (χ1n) is 9.39. The van der Waals surface area contributed by atoms with E-state index < -0.39 is 11.6 Å². The van der Waals surface area contributed by atoms with Gasteiger partial charge in [-0.15, -0.1) is 0 Å². The second kappa shape index (κ2) is 6.49. The van der Waals surface area contributed by atoms with Crippen molar-refractivity contribution in [3.63, 3.8) is 0 Å². The fraction of sp³-hybridized carbons (Fsp3) is 0.650. The SMILES string of the molecule is O=C(O[C@H]1CN2CCC1CC2)[C@@](O)(c1ccccc1)C1CCCC1. The third kappa shape index (κ3) is 2.76. The molecule has 3 aliphatic heterocycles. The molecule has 4 heteroatoms. The molecule has 4 fully saturated rings. The second-order valence-corrected chi connectivity index (χ2v) is 7.70. The van der Waals surface area contributed by atoms with Crippen LogP contribution in [0.1, 0.15) is 44.1 Å². The Hall–Kier alpha value is -1.39. The Balaban J connectivity index is 1.57. The van der Waals surface area contributed by atoms with Gasteiger partial charge < -0.3 is 9.84 Å². The molecule has 0 spiro atoms. The standard InChI is InChI=1S/C20H27NO3/c22-19(24-18-14-21-12-10-15(18)11-13-21)20(23,17-8-4-5-9-17)16-6-2-1-3-7-16/h1-3,6-7,15,17-18,23H,4-5,8-14H2/t18-,20+/m0/s1. The van der Waals surface area contributed by atoms with E-state index in [2.05, 4.69) is 4.90 Å². The fourth-order valence-corrected chi connectivity index (χ4v) is 4.83. The molecule has 24 heavy (non-hydrogen) atoms. The molecule has 1 N–H and O–H groups in total. The summed E-state index contributed by atoms with van der Waals surface area (Å²) in [6, 6.07) is 9.40. The van der Waals surface area contributed by atoms with Gasteiger partial charge in [0.25, 0.3) is 0 Å². The molecule has 2 bridgehead atoms. The van der Waals surface area contributed by atoms with Gasteiger partial charge in [0.2, 0.25) is 0 Å². The molecule has 3 heterocycles. The van der Waals surface area contributed by atoms with Crippen LogP contribution in [0, 0.1) is 11.8 Å². The third-order valence-electron chi connectivity index (χ3n) is 6.33. The van der Waals surface area contributed by atoms with Gasteiger partial charge in [-0.25, -0.2) is 4.79 Å². The lowest BCUT2D eigenvalue weighted by Crippen LogP contribution is -2.54. The maximum absolute atomic E-state index is 13.1. The zero-order valence-electron chi connectivity index (χ0n) is 14.2. The zero-order chi connectivity index (χ0) is 16.6. The molecule has 0 aromatic heterocycles. The van der Waals surface area contributed by atoms with E-state index in [1.165, 1.54) is 0 Å². The molecule has 4 aliphatic rings. The minimum atomic E-state index is -1.50. The first-order valence-corrected chi connectivity index (χ1v) is 9.39. The highest BCUT2D eigenvalue weighted by molar-refractivity contribution is 5.81. The van der Waals surface area contributed by atoms with E-state index in [1.807, 2.05) is 30.3 Å². The van der Waals surface area contributed by atoms with Crippen molar-refractivity contribution in [2.24, 2.45) is 11.8 Å². The number of hydrogen-bond donors (Lipinski definition) is 1. The van der Waals surface area contributed by atoms with E-state index >= 15 is 0 Å². The van der Waals surface area contributed by atoms with Crippen molar-refractivity contribution < 1.29 is 14.6 Å². The molecule has 2 atom stereocenters. The van der Waals surface area contributed by atoms with Gasteiger partial charge in [0.05, 0.1) is 0 Å². The van der Waals surface area contributed by atoms with Crippen LogP contribution in [0.2, 0.25) is 0 Å². The van der Waals surface area contributed by atoms with Crippen molar-refractivity contribution >= 4 is 5.97 Å². The number of ether oxygens (including phenoxy) is 1. The predicted octanol–water partition coefficient (Wildman–Crippen LogP) is 2.70. The lowest BCUT2D eigenvalue weighted by atomic mass is 9.79. The molecule has 1 saturated carbocycles. The number of rotatable bonds is 4. The van der Waals surface area contributed by atoms with E-state index in [-0.39, 0.29) is 12.0 Å². The summed E-state index contributed by atoms with van der Waals surface area (Å²) >= 11 is 0. The minimum Gasteiger partial charge on any atom is -0.458 e. The third-order valence-corrected chi connectivity index (χ3v) is 6.33. The molecule has 1 aromatic rings. The number of hydrogen-bond acceptors (Lipinski definition) is 4. The van der Waals surface area contributed by atoms with E-state index in [4.69, 9.17) is 4.74 Å². The van der Waals surface area contributed by atoms with Crippen LogP contribution in [0.3, 0.4) is 0 Å². The van der Waals surface area contributed by atoms with Crippen LogP contribution in [0.4, 0.5) is 0 Å². The van der Waals surface area contributed by atoms with Crippen molar-refractivity contribution in [2.45, 2.75) is 50.2 Å². The molecule has 130 valence electrons. The van der Waals surface area contributed by atoms with E-state index in [9.17, 15) is 9.90 Å². The van der Waals surface area contributed by atoms with Crippen molar-refractivity contribution in [2.75, 3.05) is 19.6 Å². The molecule has 3 saturated heterocycles. The molecule has 0 unspecified atom stereocenters. The quantitative estimate of drug-likeness (QED) is 0.863. The number of piperidine rings is 3. The van der Waals surface area contributed by atoms with Crippen LogP contribution in [0.25, 0.3) is 0 Å². The average molecular weight is 329 g/mol. The number of carbonyl (C=O) groups excluding carboxylic acids is 1. The molecule has 4 nitrogen and oxygen atoms in total. The van der Waals surface area contributed by atoms with Gasteiger partial charge in [0, 0.05) is 12.5 Å². The average Bonchev–Trinajstić information content (AvgIpc) is 3.18. The molecule has 0 radical (unpaired) electrons. The Morgan fingerprint density at radius 1 is 1.08 bits per heavy atom. The first-order chi connectivity index (χ1) is 11.7. The van der Waals surface area contributed by atoms with Crippen LogP contribution in [-0.4, -0.2) is 41.7 Å². The van der Waals surface area contributed by atoms with Crippen LogP contribution < -0.4 is 0 Å². The van der Waals surface area contributed by atoms with Gasteiger partial charge in [-0.2, -0.15) is 0 Å². The molecular weight excluding hydrogens is 302 g/mol. The summed E-state index contributed by atoms with van der Waals surface area (Å²) in [5, 5.41) is 11.5. The largest absolute Gasteiger partial charge is 0.458 e. The zero-order valence-corrected chi connectivity index (χ0v) is 14.2. The van der Waals surface area contributed by atoms with Gasteiger partial charge in [-0.1, -0.05) is 43.2 Å². The lowest BCUT2D eigenvalue weighted by molar-refractivity contribution is -0.188. The van der Waals surface area contributed by atoms with E-state index in [1.54, 1.807) is 0 Å². The molecule has 0 amide bonds. The summed E-state index contributed by atoms with van der Waals surface area (Å²) in [5.41, 5.74) is -0.813. The number of esters is 1. The van der Waals surface area contributed by atoms with Gasteiger partial charge in [-0.05, 0) is 50.3 Å². The Labute approximate surface area is 143 Å². The van der Waals surface area contributed by atoms with Gasteiger partial charge in [0.15, 0.2) is 5.60 Å². The Kier molecular flexibility index (Phi) is 4.35. The highest BCUT2D eigenvalue weighted by atomic mass is 16.6. The first kappa shape index (κ1) is 16.1. The summed E-state index contributed by atoms with van der Waals surface area (Å²) in [6.45, 7) is 3.06. The fourth-order valence-electron chi connectivity index (χ4n) is 4.83. The van der Waals surface area contributed by atoms with Crippen molar-refractivity contribution in [1.29, 1.82) is 0 Å². The summed E-state index contributed by atoms with van der Waals surface area (Å²) in [4.78, 5) is 15.5. The lowest BCUT2D eigenvalue weighted by Gasteiger charge is -2.45. The maximum atomic E-state index is 13.1. The maximum Gasteiger partial charge on any atom is 0.343 e. The number of carbonyl (C=O) groups is 1. The molecule has 1 aliphatic carbocycles. The van der Waals surface area contributed by atoms with Crippen molar-refractivity contribution in [3.8, 4) is 0 Å². The number of fused-ring (bicyclic) bond motifs is 3. The van der Waals surface area contributed by atoms with Crippen LogP contribution in [0.15, 0.2) is 30.3 Å². The van der Waals surface area contributed by atoms with Gasteiger partial charge >= 0.3 is 5.97 Å². The Bertz CT molecular complexity index is 576. The van der Waals surface area contributed by atoms with E-state index in [0.717, 1.165) is 58.2 Å². The second-order valence-electron chi connectivity index (χ2n) is 7.70. The highest BCUT2D eigenvalue weighted by Gasteiger charge is 2.49. The van der Waals surface area contributed by atoms with Crippen LogP contribution in [0.5, 0.6) is 0 Å². The number of benzene rings is 1.